The van der Waals surface area contributed by atoms with Crippen molar-refractivity contribution in [2.24, 2.45) is 0 Å². The lowest BCUT2D eigenvalue weighted by Crippen LogP contribution is -2.09. The second-order valence-electron chi connectivity index (χ2n) is 5.00. The molecule has 6 heteroatoms. The Labute approximate surface area is 122 Å². The first-order chi connectivity index (χ1) is 10.2. The minimum absolute atomic E-state index is 0.0988. The number of carbonyl (C=O) groups is 1. The van der Waals surface area contributed by atoms with Gasteiger partial charge in [0.25, 0.3) is 0 Å². The number of aliphatic carboxylic acids is 1. The SMILES string of the molecule is O=C(O)CCc1ccc(C2OCCO2)c(C2OCCO2)c1. The first kappa shape index (κ1) is 14.5. The van der Waals surface area contributed by atoms with E-state index in [0.29, 0.717) is 32.8 Å². The van der Waals surface area contributed by atoms with Gasteiger partial charge in [0.1, 0.15) is 0 Å². The highest BCUT2D eigenvalue weighted by Gasteiger charge is 2.28. The molecule has 2 aliphatic rings. The molecule has 6 nitrogen and oxygen atoms in total. The predicted octanol–water partition coefficient (Wildman–Crippen LogP) is 1.79. The zero-order chi connectivity index (χ0) is 14.7. The highest BCUT2D eigenvalue weighted by molar-refractivity contribution is 5.67. The number of aryl methyl sites for hydroxylation is 1. The fourth-order valence-electron chi connectivity index (χ4n) is 2.53. The molecule has 1 aromatic carbocycles. The van der Waals surface area contributed by atoms with E-state index in [1.165, 1.54) is 0 Å². The van der Waals surface area contributed by atoms with E-state index in [9.17, 15) is 4.79 Å². The number of benzene rings is 1. The summed E-state index contributed by atoms with van der Waals surface area (Å²) in [4.78, 5) is 10.7. The van der Waals surface area contributed by atoms with Gasteiger partial charge in [0.2, 0.25) is 0 Å². The van der Waals surface area contributed by atoms with E-state index in [2.05, 4.69) is 0 Å². The molecule has 0 radical (unpaired) electrons. The molecule has 0 bridgehead atoms. The van der Waals surface area contributed by atoms with Crippen molar-refractivity contribution in [2.45, 2.75) is 25.4 Å². The molecule has 2 fully saturated rings. The maximum atomic E-state index is 10.7. The van der Waals surface area contributed by atoms with Crippen LogP contribution < -0.4 is 0 Å². The summed E-state index contributed by atoms with van der Waals surface area (Å²) in [5.74, 6) is -0.809. The molecular weight excluding hydrogens is 276 g/mol. The number of rotatable bonds is 5. The molecule has 21 heavy (non-hydrogen) atoms. The molecule has 0 spiro atoms. The van der Waals surface area contributed by atoms with E-state index in [-0.39, 0.29) is 6.42 Å². The molecule has 0 aliphatic carbocycles. The second-order valence-corrected chi connectivity index (χ2v) is 5.00. The number of carboxylic acid groups (broad SMARTS) is 1. The number of hydrogen-bond donors (Lipinski definition) is 1. The van der Waals surface area contributed by atoms with Crippen molar-refractivity contribution in [3.8, 4) is 0 Å². The summed E-state index contributed by atoms with van der Waals surface area (Å²) < 4.78 is 22.2. The molecule has 114 valence electrons. The van der Waals surface area contributed by atoms with Gasteiger partial charge in [0, 0.05) is 17.5 Å². The van der Waals surface area contributed by atoms with Gasteiger partial charge in [-0.05, 0) is 12.0 Å². The maximum Gasteiger partial charge on any atom is 0.303 e. The van der Waals surface area contributed by atoms with Gasteiger partial charge in [-0.15, -0.1) is 0 Å². The van der Waals surface area contributed by atoms with E-state index >= 15 is 0 Å². The van der Waals surface area contributed by atoms with E-state index in [4.69, 9.17) is 24.1 Å². The predicted molar refractivity (Wildman–Crippen MR) is 71.7 cm³/mol. The molecule has 1 aromatic rings. The van der Waals surface area contributed by atoms with Gasteiger partial charge < -0.3 is 24.1 Å². The summed E-state index contributed by atoms with van der Waals surface area (Å²) in [6.07, 6.45) is -0.262. The lowest BCUT2D eigenvalue weighted by molar-refractivity contribution is -0.136. The van der Waals surface area contributed by atoms with Gasteiger partial charge in [-0.1, -0.05) is 18.2 Å². The largest absolute Gasteiger partial charge is 0.481 e. The Hall–Kier alpha value is -1.47. The summed E-state index contributed by atoms with van der Waals surface area (Å²) in [5.41, 5.74) is 2.69. The van der Waals surface area contributed by atoms with Gasteiger partial charge in [-0.2, -0.15) is 0 Å². The highest BCUT2D eigenvalue weighted by atomic mass is 16.7. The Morgan fingerprint density at radius 2 is 1.57 bits per heavy atom. The normalized spacial score (nSPS) is 20.2. The monoisotopic (exact) mass is 294 g/mol. The van der Waals surface area contributed by atoms with Crippen molar-refractivity contribution in [1.29, 1.82) is 0 Å². The molecule has 0 atom stereocenters. The molecule has 2 aliphatic heterocycles. The topological polar surface area (TPSA) is 74.2 Å². The Morgan fingerprint density at radius 1 is 1.00 bits per heavy atom. The molecule has 0 aromatic heterocycles. The van der Waals surface area contributed by atoms with Crippen LogP contribution >= 0.6 is 0 Å². The van der Waals surface area contributed by atoms with Crippen molar-refractivity contribution in [3.63, 3.8) is 0 Å². The molecule has 0 unspecified atom stereocenters. The minimum atomic E-state index is -0.809. The summed E-state index contributed by atoms with van der Waals surface area (Å²) in [5, 5.41) is 8.79. The Kier molecular flexibility index (Phi) is 4.50. The van der Waals surface area contributed by atoms with E-state index < -0.39 is 18.5 Å². The molecule has 2 saturated heterocycles. The van der Waals surface area contributed by atoms with Crippen molar-refractivity contribution >= 4 is 5.97 Å². The Bertz CT molecular complexity index is 503. The van der Waals surface area contributed by atoms with Crippen molar-refractivity contribution in [3.05, 3.63) is 34.9 Å². The van der Waals surface area contributed by atoms with Crippen molar-refractivity contribution in [1.82, 2.24) is 0 Å². The first-order valence-electron chi connectivity index (χ1n) is 7.05. The number of hydrogen-bond acceptors (Lipinski definition) is 5. The standard InChI is InChI=1S/C15H18O6/c16-13(17)4-2-10-1-3-11(14-18-5-6-19-14)12(9-10)15-20-7-8-21-15/h1,3,9,14-15H,2,4-8H2,(H,16,17). The quantitative estimate of drug-likeness (QED) is 0.892. The number of carboxylic acids is 1. The average molecular weight is 294 g/mol. The van der Waals surface area contributed by atoms with Crippen LogP contribution in [0.2, 0.25) is 0 Å². The molecular formula is C15H18O6. The number of ether oxygens (including phenoxy) is 4. The van der Waals surface area contributed by atoms with Crippen LogP contribution in [0.3, 0.4) is 0 Å². The summed E-state index contributed by atoms with van der Waals surface area (Å²) in [6, 6.07) is 5.74. The van der Waals surface area contributed by atoms with Gasteiger partial charge in [-0.25, -0.2) is 0 Å². The van der Waals surface area contributed by atoms with E-state index in [0.717, 1.165) is 16.7 Å². The first-order valence-corrected chi connectivity index (χ1v) is 7.05. The zero-order valence-corrected chi connectivity index (χ0v) is 11.6. The third kappa shape index (κ3) is 3.41. The smallest absolute Gasteiger partial charge is 0.303 e. The van der Waals surface area contributed by atoms with E-state index in [1.807, 2.05) is 18.2 Å². The maximum absolute atomic E-state index is 10.7. The van der Waals surface area contributed by atoms with Gasteiger partial charge in [-0.3, -0.25) is 4.79 Å². The van der Waals surface area contributed by atoms with Crippen LogP contribution in [0.4, 0.5) is 0 Å². The summed E-state index contributed by atoms with van der Waals surface area (Å²) >= 11 is 0. The van der Waals surface area contributed by atoms with Crippen molar-refractivity contribution in [2.75, 3.05) is 26.4 Å². The van der Waals surface area contributed by atoms with Crippen LogP contribution in [0, 0.1) is 0 Å². The van der Waals surface area contributed by atoms with Gasteiger partial charge >= 0.3 is 5.97 Å². The third-order valence-electron chi connectivity index (χ3n) is 3.53. The lowest BCUT2D eigenvalue weighted by Gasteiger charge is -2.19. The molecule has 0 amide bonds. The van der Waals surface area contributed by atoms with Gasteiger partial charge in [0.15, 0.2) is 12.6 Å². The Morgan fingerprint density at radius 3 is 2.14 bits per heavy atom. The zero-order valence-electron chi connectivity index (χ0n) is 11.6. The third-order valence-corrected chi connectivity index (χ3v) is 3.53. The fourth-order valence-corrected chi connectivity index (χ4v) is 2.53. The summed E-state index contributed by atoms with van der Waals surface area (Å²) in [7, 11) is 0. The molecule has 1 N–H and O–H groups in total. The van der Waals surface area contributed by atoms with Crippen molar-refractivity contribution < 1.29 is 28.8 Å². The molecule has 3 rings (SSSR count). The van der Waals surface area contributed by atoms with Gasteiger partial charge in [0.05, 0.1) is 26.4 Å². The second kappa shape index (κ2) is 6.53. The van der Waals surface area contributed by atoms with Crippen LogP contribution in [0.25, 0.3) is 0 Å². The average Bonchev–Trinajstić information content (AvgIpc) is 3.17. The minimum Gasteiger partial charge on any atom is -0.481 e. The van der Waals surface area contributed by atoms with E-state index in [1.54, 1.807) is 0 Å². The van der Waals surface area contributed by atoms with Crippen LogP contribution in [0.15, 0.2) is 18.2 Å². The van der Waals surface area contributed by atoms with Crippen LogP contribution in [0.1, 0.15) is 35.7 Å². The van der Waals surface area contributed by atoms with Crippen LogP contribution in [-0.2, 0) is 30.2 Å². The lowest BCUT2D eigenvalue weighted by atomic mass is 10.00. The van der Waals surface area contributed by atoms with Crippen LogP contribution in [0.5, 0.6) is 0 Å². The Balaban J connectivity index is 1.85. The summed E-state index contributed by atoms with van der Waals surface area (Å²) in [6.45, 7) is 2.24. The van der Waals surface area contributed by atoms with Crippen LogP contribution in [-0.4, -0.2) is 37.5 Å². The highest BCUT2D eigenvalue weighted by Crippen LogP contribution is 2.34. The molecule has 2 heterocycles. The fraction of sp³-hybridized carbons (Fsp3) is 0.533. The molecule has 0 saturated carbocycles.